The predicted octanol–water partition coefficient (Wildman–Crippen LogP) is 4.80. The Balaban J connectivity index is 1.29. The smallest absolute Gasteiger partial charge is 0.257 e. The van der Waals surface area contributed by atoms with E-state index in [-0.39, 0.29) is 5.91 Å². The van der Waals surface area contributed by atoms with Crippen LogP contribution in [0.15, 0.2) is 76.5 Å². The van der Waals surface area contributed by atoms with Gasteiger partial charge in [0.25, 0.3) is 11.1 Å². The van der Waals surface area contributed by atoms with Crippen molar-refractivity contribution in [2.24, 2.45) is 0 Å². The molecule has 0 saturated heterocycles. The molecule has 0 unspecified atom stereocenters. The van der Waals surface area contributed by atoms with Crippen LogP contribution in [0.4, 0.5) is 0 Å². The Morgan fingerprint density at radius 3 is 2.76 bits per heavy atom. The van der Waals surface area contributed by atoms with Crippen LogP contribution in [0.25, 0.3) is 11.1 Å². The van der Waals surface area contributed by atoms with Crippen molar-refractivity contribution >= 4 is 28.8 Å². The Bertz CT molecular complexity index is 1110. The minimum Gasteiger partial charge on any atom is -0.431 e. The van der Waals surface area contributed by atoms with Gasteiger partial charge in [0, 0.05) is 36.2 Å². The van der Waals surface area contributed by atoms with Crippen LogP contribution in [0.3, 0.4) is 0 Å². The van der Waals surface area contributed by atoms with Gasteiger partial charge < -0.3 is 9.73 Å². The van der Waals surface area contributed by atoms with Gasteiger partial charge in [-0.05, 0) is 54.4 Å². The summed E-state index contributed by atoms with van der Waals surface area (Å²) in [5.74, 6) is 0.655. The summed E-state index contributed by atoms with van der Waals surface area (Å²) >= 11 is 1.55. The van der Waals surface area contributed by atoms with Crippen molar-refractivity contribution in [2.75, 3.05) is 6.54 Å². The molecule has 1 N–H and O–H groups in total. The average Bonchev–Trinajstić information content (AvgIpc) is 3.15. The summed E-state index contributed by atoms with van der Waals surface area (Å²) in [5.41, 5.74) is 5.57. The number of aromatic nitrogens is 2. The van der Waals surface area contributed by atoms with E-state index in [1.807, 2.05) is 67.6 Å². The van der Waals surface area contributed by atoms with Crippen LogP contribution in [-0.2, 0) is 12.2 Å². The molecule has 0 aliphatic heterocycles. The molecule has 2 aromatic carbocycles. The number of nitrogens with one attached hydrogen (secondary N) is 1. The van der Waals surface area contributed by atoms with E-state index in [1.54, 1.807) is 18.0 Å². The Hall–Kier alpha value is -3.12. The molecule has 6 heteroatoms. The van der Waals surface area contributed by atoms with Gasteiger partial charge in [0.05, 0.1) is 0 Å². The number of pyridine rings is 1. The number of benzene rings is 2. The van der Waals surface area contributed by atoms with E-state index in [2.05, 4.69) is 15.3 Å². The number of thioether (sulfide) groups is 1. The standard InChI is InChI=1S/C23H21N3O2S/c1-16-5-10-21-20(14-16)26-23(28-21)29-15-17-6-8-18(9-7-17)22(27)25-13-11-19-4-2-3-12-24-19/h2-10,12,14H,11,13,15H2,1H3,(H,25,27). The Morgan fingerprint density at radius 1 is 1.10 bits per heavy atom. The molecule has 0 aliphatic rings. The molecule has 0 radical (unpaired) electrons. The van der Waals surface area contributed by atoms with Crippen molar-refractivity contribution < 1.29 is 9.21 Å². The first-order chi connectivity index (χ1) is 14.2. The fraction of sp³-hybridized carbons (Fsp3) is 0.174. The van der Waals surface area contributed by atoms with Crippen molar-refractivity contribution in [1.29, 1.82) is 0 Å². The molecule has 0 saturated carbocycles. The summed E-state index contributed by atoms with van der Waals surface area (Å²) in [6.45, 7) is 2.60. The molecule has 2 heterocycles. The highest BCUT2D eigenvalue weighted by molar-refractivity contribution is 7.98. The lowest BCUT2D eigenvalue weighted by Crippen LogP contribution is -2.25. The maximum Gasteiger partial charge on any atom is 0.257 e. The fourth-order valence-electron chi connectivity index (χ4n) is 2.93. The fourth-order valence-corrected chi connectivity index (χ4v) is 3.72. The van der Waals surface area contributed by atoms with E-state index in [4.69, 9.17) is 4.42 Å². The lowest BCUT2D eigenvalue weighted by molar-refractivity contribution is 0.0954. The number of hydrogen-bond acceptors (Lipinski definition) is 5. The Kier molecular flexibility index (Phi) is 5.91. The van der Waals surface area contributed by atoms with Crippen molar-refractivity contribution in [3.8, 4) is 0 Å². The van der Waals surface area contributed by atoms with Crippen LogP contribution >= 0.6 is 11.8 Å². The third kappa shape index (κ3) is 5.03. The topological polar surface area (TPSA) is 68.0 Å². The third-order valence-electron chi connectivity index (χ3n) is 4.49. The van der Waals surface area contributed by atoms with Gasteiger partial charge >= 0.3 is 0 Å². The van der Waals surface area contributed by atoms with E-state index < -0.39 is 0 Å². The molecule has 0 atom stereocenters. The quantitative estimate of drug-likeness (QED) is 0.449. The van der Waals surface area contributed by atoms with E-state index in [0.717, 1.165) is 33.7 Å². The summed E-state index contributed by atoms with van der Waals surface area (Å²) in [6, 6.07) is 19.4. The second-order valence-electron chi connectivity index (χ2n) is 6.76. The first-order valence-electron chi connectivity index (χ1n) is 9.44. The van der Waals surface area contributed by atoms with Crippen LogP contribution in [0, 0.1) is 6.92 Å². The van der Waals surface area contributed by atoms with Gasteiger partial charge in [-0.1, -0.05) is 36.0 Å². The molecule has 2 aromatic heterocycles. The molecule has 5 nitrogen and oxygen atoms in total. The second kappa shape index (κ2) is 8.92. The van der Waals surface area contributed by atoms with E-state index >= 15 is 0 Å². The number of carbonyl (C=O) groups is 1. The lowest BCUT2D eigenvalue weighted by Gasteiger charge is -2.06. The molecule has 0 aliphatic carbocycles. The van der Waals surface area contributed by atoms with Crippen molar-refractivity contribution in [1.82, 2.24) is 15.3 Å². The van der Waals surface area contributed by atoms with Crippen LogP contribution in [0.5, 0.6) is 0 Å². The molecule has 146 valence electrons. The first kappa shape index (κ1) is 19.2. The minimum atomic E-state index is -0.0746. The van der Waals surface area contributed by atoms with E-state index in [0.29, 0.717) is 23.8 Å². The van der Waals surface area contributed by atoms with Crippen molar-refractivity contribution in [3.05, 3.63) is 89.2 Å². The number of fused-ring (bicyclic) bond motifs is 1. The predicted molar refractivity (Wildman–Crippen MR) is 115 cm³/mol. The van der Waals surface area contributed by atoms with Gasteiger partial charge in [0.15, 0.2) is 5.58 Å². The third-order valence-corrected chi connectivity index (χ3v) is 5.39. The lowest BCUT2D eigenvalue weighted by atomic mass is 10.1. The largest absolute Gasteiger partial charge is 0.431 e. The molecule has 29 heavy (non-hydrogen) atoms. The number of amides is 1. The number of carbonyl (C=O) groups excluding carboxylic acids is 1. The second-order valence-corrected chi connectivity index (χ2v) is 7.69. The molecule has 4 rings (SSSR count). The highest BCUT2D eigenvalue weighted by Gasteiger charge is 2.08. The zero-order valence-electron chi connectivity index (χ0n) is 16.1. The van der Waals surface area contributed by atoms with Gasteiger partial charge in [-0.3, -0.25) is 9.78 Å². The molecule has 4 aromatic rings. The van der Waals surface area contributed by atoms with Crippen molar-refractivity contribution in [2.45, 2.75) is 24.3 Å². The first-order valence-corrected chi connectivity index (χ1v) is 10.4. The molecule has 1 amide bonds. The number of hydrogen-bond donors (Lipinski definition) is 1. The van der Waals surface area contributed by atoms with E-state index in [9.17, 15) is 4.79 Å². The summed E-state index contributed by atoms with van der Waals surface area (Å²) in [5, 5.41) is 3.59. The normalized spacial score (nSPS) is 10.9. The van der Waals surface area contributed by atoms with Gasteiger partial charge in [0.1, 0.15) is 5.52 Å². The Labute approximate surface area is 173 Å². The molecule has 0 bridgehead atoms. The van der Waals surface area contributed by atoms with Crippen molar-refractivity contribution in [3.63, 3.8) is 0 Å². The average molecular weight is 404 g/mol. The molecule has 0 spiro atoms. The SMILES string of the molecule is Cc1ccc2oc(SCc3ccc(C(=O)NCCc4ccccn4)cc3)nc2c1. The number of nitrogens with zero attached hydrogens (tertiary/aromatic N) is 2. The van der Waals surface area contributed by atoms with Gasteiger partial charge in [-0.25, -0.2) is 4.98 Å². The van der Waals surface area contributed by atoms with Crippen LogP contribution < -0.4 is 5.32 Å². The summed E-state index contributed by atoms with van der Waals surface area (Å²) in [7, 11) is 0. The maximum absolute atomic E-state index is 12.3. The van der Waals surface area contributed by atoms with Crippen LogP contribution in [-0.4, -0.2) is 22.4 Å². The molecule has 0 fully saturated rings. The van der Waals surface area contributed by atoms with Gasteiger partial charge in [-0.2, -0.15) is 0 Å². The highest BCUT2D eigenvalue weighted by atomic mass is 32.2. The molecular formula is C23H21N3O2S. The number of oxazole rings is 1. The zero-order valence-corrected chi connectivity index (χ0v) is 16.9. The zero-order chi connectivity index (χ0) is 20.1. The van der Waals surface area contributed by atoms with E-state index in [1.165, 1.54) is 0 Å². The number of rotatable bonds is 7. The molecular weight excluding hydrogens is 382 g/mol. The van der Waals surface area contributed by atoms with Gasteiger partial charge in [-0.15, -0.1) is 0 Å². The highest BCUT2D eigenvalue weighted by Crippen LogP contribution is 2.26. The van der Waals surface area contributed by atoms with Crippen LogP contribution in [0.1, 0.15) is 27.2 Å². The number of aryl methyl sites for hydroxylation is 1. The van der Waals surface area contributed by atoms with Crippen LogP contribution in [0.2, 0.25) is 0 Å². The Morgan fingerprint density at radius 2 is 1.97 bits per heavy atom. The summed E-state index contributed by atoms with van der Waals surface area (Å²) in [4.78, 5) is 21.1. The monoisotopic (exact) mass is 403 g/mol. The summed E-state index contributed by atoms with van der Waals surface area (Å²) in [6.07, 6.45) is 2.47. The maximum atomic E-state index is 12.3. The minimum absolute atomic E-state index is 0.0746. The summed E-state index contributed by atoms with van der Waals surface area (Å²) < 4.78 is 5.77. The van der Waals surface area contributed by atoms with Gasteiger partial charge in [0.2, 0.25) is 0 Å².